The highest BCUT2D eigenvalue weighted by atomic mass is 31.0. The molecule has 1 unspecified atom stereocenters. The SMILES string of the molecule is CCc1ccc(-c2cccc(-c3ccccc3)c2P)cc1. The summed E-state index contributed by atoms with van der Waals surface area (Å²) in [5.74, 6) is 0. The molecule has 0 aliphatic heterocycles. The molecule has 0 aliphatic rings. The molecule has 0 amide bonds. The molecule has 0 bridgehead atoms. The third-order valence-corrected chi connectivity index (χ3v) is 4.49. The van der Waals surface area contributed by atoms with Gasteiger partial charge in [0.2, 0.25) is 0 Å². The summed E-state index contributed by atoms with van der Waals surface area (Å²) >= 11 is 0. The summed E-state index contributed by atoms with van der Waals surface area (Å²) < 4.78 is 0. The number of rotatable bonds is 3. The first-order valence-corrected chi connectivity index (χ1v) is 7.90. The second-order valence-corrected chi connectivity index (χ2v) is 5.76. The summed E-state index contributed by atoms with van der Waals surface area (Å²) in [5, 5.41) is 1.26. The number of aryl methyl sites for hydroxylation is 1. The van der Waals surface area contributed by atoms with Crippen LogP contribution in [0.2, 0.25) is 0 Å². The topological polar surface area (TPSA) is 0 Å². The van der Waals surface area contributed by atoms with E-state index in [0.29, 0.717) is 0 Å². The number of hydrogen-bond acceptors (Lipinski definition) is 0. The quantitative estimate of drug-likeness (QED) is 0.590. The predicted molar refractivity (Wildman–Crippen MR) is 96.0 cm³/mol. The van der Waals surface area contributed by atoms with E-state index < -0.39 is 0 Å². The van der Waals surface area contributed by atoms with Crippen LogP contribution < -0.4 is 5.30 Å². The second-order valence-electron chi connectivity index (χ2n) is 5.18. The maximum atomic E-state index is 2.91. The minimum Gasteiger partial charge on any atom is -0.104 e. The van der Waals surface area contributed by atoms with Gasteiger partial charge in [-0.3, -0.25) is 0 Å². The van der Waals surface area contributed by atoms with Crippen molar-refractivity contribution in [3.63, 3.8) is 0 Å². The van der Waals surface area contributed by atoms with Gasteiger partial charge in [-0.15, -0.1) is 9.24 Å². The van der Waals surface area contributed by atoms with Crippen molar-refractivity contribution < 1.29 is 0 Å². The third kappa shape index (κ3) is 2.91. The highest BCUT2D eigenvalue weighted by Crippen LogP contribution is 2.26. The fourth-order valence-electron chi connectivity index (χ4n) is 2.61. The van der Waals surface area contributed by atoms with Crippen LogP contribution in [0.4, 0.5) is 0 Å². The standard InChI is InChI=1S/C20H19P/c1-2-15-11-13-17(14-12-15)19-10-6-9-18(20(19)21)16-7-4-3-5-8-16/h3-14H,2,21H2,1H3. The molecule has 3 rings (SSSR count). The van der Waals surface area contributed by atoms with Gasteiger partial charge in [-0.25, -0.2) is 0 Å². The molecule has 3 aromatic carbocycles. The smallest absolute Gasteiger partial charge is 0.0106 e. The van der Waals surface area contributed by atoms with Crippen LogP contribution in [-0.4, -0.2) is 0 Å². The Labute approximate surface area is 129 Å². The molecule has 0 nitrogen and oxygen atoms in total. The Morgan fingerprint density at radius 2 is 1.24 bits per heavy atom. The van der Waals surface area contributed by atoms with Crippen LogP contribution in [-0.2, 0) is 6.42 Å². The van der Waals surface area contributed by atoms with Crippen LogP contribution in [0.15, 0.2) is 72.8 Å². The molecular formula is C20H19P. The Hall–Kier alpha value is -1.91. The van der Waals surface area contributed by atoms with Crippen LogP contribution in [0.25, 0.3) is 22.3 Å². The van der Waals surface area contributed by atoms with Crippen molar-refractivity contribution in [1.82, 2.24) is 0 Å². The Morgan fingerprint density at radius 3 is 1.81 bits per heavy atom. The average Bonchev–Trinajstić information content (AvgIpc) is 2.56. The number of hydrogen-bond donors (Lipinski definition) is 0. The lowest BCUT2D eigenvalue weighted by atomic mass is 9.98. The van der Waals surface area contributed by atoms with E-state index >= 15 is 0 Å². The molecule has 1 atom stereocenters. The van der Waals surface area contributed by atoms with E-state index in [0.717, 1.165) is 6.42 Å². The largest absolute Gasteiger partial charge is 0.104 e. The van der Waals surface area contributed by atoms with Crippen LogP contribution in [0.5, 0.6) is 0 Å². The van der Waals surface area contributed by atoms with Gasteiger partial charge in [0.25, 0.3) is 0 Å². The summed E-state index contributed by atoms with van der Waals surface area (Å²) in [4.78, 5) is 0. The van der Waals surface area contributed by atoms with E-state index in [9.17, 15) is 0 Å². The van der Waals surface area contributed by atoms with Gasteiger partial charge in [0.05, 0.1) is 0 Å². The minimum atomic E-state index is 1.08. The lowest BCUT2D eigenvalue weighted by molar-refractivity contribution is 1.14. The van der Waals surface area contributed by atoms with Crippen molar-refractivity contribution in [2.24, 2.45) is 0 Å². The zero-order chi connectivity index (χ0) is 14.7. The van der Waals surface area contributed by atoms with E-state index in [1.165, 1.54) is 33.1 Å². The van der Waals surface area contributed by atoms with Gasteiger partial charge < -0.3 is 0 Å². The Kier molecular flexibility index (Phi) is 4.18. The molecule has 0 spiro atoms. The van der Waals surface area contributed by atoms with E-state index in [1.54, 1.807) is 0 Å². The minimum absolute atomic E-state index is 1.08. The summed E-state index contributed by atoms with van der Waals surface area (Å²) in [6.45, 7) is 2.19. The van der Waals surface area contributed by atoms with Crippen molar-refractivity contribution in [2.45, 2.75) is 13.3 Å². The van der Waals surface area contributed by atoms with Gasteiger partial charge in [0, 0.05) is 0 Å². The van der Waals surface area contributed by atoms with Gasteiger partial charge in [-0.1, -0.05) is 79.7 Å². The molecule has 1 heteroatoms. The summed E-state index contributed by atoms with van der Waals surface area (Å²) in [5.41, 5.74) is 6.47. The molecule has 0 radical (unpaired) electrons. The molecule has 0 aromatic heterocycles. The van der Waals surface area contributed by atoms with Crippen molar-refractivity contribution in [3.8, 4) is 22.3 Å². The average molecular weight is 290 g/mol. The van der Waals surface area contributed by atoms with Crippen LogP contribution >= 0.6 is 9.24 Å². The van der Waals surface area contributed by atoms with E-state index in [1.807, 2.05) is 0 Å². The summed E-state index contributed by atoms with van der Waals surface area (Å²) in [7, 11) is 2.91. The molecule has 0 saturated heterocycles. The van der Waals surface area contributed by atoms with Crippen LogP contribution in [0.1, 0.15) is 12.5 Å². The van der Waals surface area contributed by atoms with E-state index in [2.05, 4.69) is 89.0 Å². The van der Waals surface area contributed by atoms with Gasteiger partial charge >= 0.3 is 0 Å². The monoisotopic (exact) mass is 290 g/mol. The first-order valence-electron chi connectivity index (χ1n) is 7.33. The van der Waals surface area contributed by atoms with Gasteiger partial charge in [-0.2, -0.15) is 0 Å². The Morgan fingerprint density at radius 1 is 0.667 bits per heavy atom. The van der Waals surface area contributed by atoms with Crippen LogP contribution in [0.3, 0.4) is 0 Å². The van der Waals surface area contributed by atoms with Crippen molar-refractivity contribution in [1.29, 1.82) is 0 Å². The molecule has 104 valence electrons. The normalized spacial score (nSPS) is 10.6. The fraction of sp³-hybridized carbons (Fsp3) is 0.100. The Bertz CT molecular complexity index is 728. The lowest BCUT2D eigenvalue weighted by Gasteiger charge is -2.12. The molecule has 0 saturated carbocycles. The predicted octanol–water partition coefficient (Wildman–Crippen LogP) is 5.08. The summed E-state index contributed by atoms with van der Waals surface area (Å²) in [6.07, 6.45) is 1.08. The van der Waals surface area contributed by atoms with Crippen LogP contribution in [0, 0.1) is 0 Å². The maximum absolute atomic E-state index is 2.91. The van der Waals surface area contributed by atoms with Gasteiger partial charge in [0.1, 0.15) is 0 Å². The molecule has 0 fully saturated rings. The van der Waals surface area contributed by atoms with Crippen molar-refractivity contribution >= 4 is 14.5 Å². The van der Waals surface area contributed by atoms with Crippen molar-refractivity contribution in [3.05, 3.63) is 78.4 Å². The first kappa shape index (κ1) is 14.0. The lowest BCUT2D eigenvalue weighted by Crippen LogP contribution is -2.01. The highest BCUT2D eigenvalue weighted by Gasteiger charge is 2.07. The van der Waals surface area contributed by atoms with Gasteiger partial charge in [0.15, 0.2) is 0 Å². The molecule has 3 aromatic rings. The first-order chi connectivity index (χ1) is 10.3. The molecule has 21 heavy (non-hydrogen) atoms. The Balaban J connectivity index is 2.08. The zero-order valence-electron chi connectivity index (χ0n) is 12.2. The third-order valence-electron chi connectivity index (χ3n) is 3.86. The zero-order valence-corrected chi connectivity index (χ0v) is 13.4. The summed E-state index contributed by atoms with van der Waals surface area (Å²) in [6, 6.07) is 25.9. The highest BCUT2D eigenvalue weighted by molar-refractivity contribution is 7.28. The van der Waals surface area contributed by atoms with E-state index in [-0.39, 0.29) is 0 Å². The fourth-order valence-corrected chi connectivity index (χ4v) is 3.13. The van der Waals surface area contributed by atoms with E-state index in [4.69, 9.17) is 0 Å². The molecule has 0 aliphatic carbocycles. The number of benzene rings is 3. The van der Waals surface area contributed by atoms with Gasteiger partial charge in [-0.05, 0) is 39.5 Å². The molecule has 0 heterocycles. The molecule has 0 N–H and O–H groups in total. The molecular weight excluding hydrogens is 271 g/mol. The second kappa shape index (κ2) is 6.24. The maximum Gasteiger partial charge on any atom is -0.0106 e. The van der Waals surface area contributed by atoms with Crippen molar-refractivity contribution in [2.75, 3.05) is 0 Å².